The summed E-state index contributed by atoms with van der Waals surface area (Å²) in [7, 11) is 1.90. The number of aromatic nitrogens is 1. The molecular formula is C22H19BrINO2. The van der Waals surface area contributed by atoms with Crippen LogP contribution in [0.1, 0.15) is 32.1 Å². The summed E-state index contributed by atoms with van der Waals surface area (Å²) in [6.45, 7) is 0. The summed E-state index contributed by atoms with van der Waals surface area (Å²) in [5.74, 6) is 0.122. The number of hydrogen-bond acceptors (Lipinski definition) is 2. The van der Waals surface area contributed by atoms with E-state index in [1.165, 1.54) is 0 Å². The van der Waals surface area contributed by atoms with Crippen LogP contribution >= 0.6 is 15.9 Å². The second kappa shape index (κ2) is 9.90. The Bertz CT molecular complexity index is 940. The van der Waals surface area contributed by atoms with Crippen molar-refractivity contribution in [3.63, 3.8) is 0 Å². The Morgan fingerprint density at radius 2 is 1.22 bits per heavy atom. The van der Waals surface area contributed by atoms with E-state index in [1.807, 2.05) is 84.4 Å². The highest BCUT2D eigenvalue weighted by Crippen LogP contribution is 2.13. The third-order valence-electron chi connectivity index (χ3n) is 4.38. The number of nitrogens with zero attached hydrogens (tertiary/aromatic N) is 1. The van der Waals surface area contributed by atoms with Gasteiger partial charge in [0.2, 0.25) is 0 Å². The summed E-state index contributed by atoms with van der Waals surface area (Å²) in [6, 6.07) is 22.4. The van der Waals surface area contributed by atoms with Gasteiger partial charge in [-0.2, -0.15) is 0 Å². The topological polar surface area (TPSA) is 38.0 Å². The molecule has 0 aliphatic rings. The zero-order valence-corrected chi connectivity index (χ0v) is 18.6. The normalized spacial score (nSPS) is 10.1. The van der Waals surface area contributed by atoms with Crippen molar-refractivity contribution in [2.24, 2.45) is 7.05 Å². The number of carbonyl (C=O) groups is 2. The van der Waals surface area contributed by atoms with Crippen molar-refractivity contribution in [2.75, 3.05) is 0 Å². The Morgan fingerprint density at radius 1 is 0.741 bits per heavy atom. The standard InChI is InChI=1S/C22H19BrNO2.HI/c1-24-19(14-21(25)16-6-3-2-4-7-16)8-5-9-20(24)15-22(26)17-10-12-18(23)13-11-17;/h2-13H,14-15H2,1H3;1H/q+1;/p-1. The minimum absolute atomic E-state index is 0. The van der Waals surface area contributed by atoms with E-state index in [4.69, 9.17) is 0 Å². The average molecular weight is 536 g/mol. The molecule has 1 heterocycles. The maximum atomic E-state index is 12.5. The van der Waals surface area contributed by atoms with Crippen LogP contribution in [0.25, 0.3) is 0 Å². The fourth-order valence-electron chi connectivity index (χ4n) is 2.83. The Balaban J connectivity index is 0.00000261. The molecule has 5 heteroatoms. The number of Topliss-reactive ketones (excluding diaryl/α,β-unsaturated/α-hetero) is 2. The van der Waals surface area contributed by atoms with E-state index in [-0.39, 0.29) is 35.5 Å². The lowest BCUT2D eigenvalue weighted by atomic mass is 10.0. The van der Waals surface area contributed by atoms with Gasteiger partial charge in [-0.15, -0.1) is 0 Å². The third-order valence-corrected chi connectivity index (χ3v) is 4.91. The van der Waals surface area contributed by atoms with Gasteiger partial charge in [-0.1, -0.05) is 58.4 Å². The van der Waals surface area contributed by atoms with Crippen LogP contribution < -0.4 is 28.5 Å². The zero-order chi connectivity index (χ0) is 18.5. The first kappa shape index (κ1) is 21.4. The number of halogens is 2. The number of ketones is 2. The van der Waals surface area contributed by atoms with Gasteiger partial charge in [0.15, 0.2) is 23.0 Å². The Kier molecular flexibility index (Phi) is 7.86. The molecule has 0 amide bonds. The van der Waals surface area contributed by atoms with Gasteiger partial charge in [0.25, 0.3) is 0 Å². The molecule has 0 unspecified atom stereocenters. The molecule has 0 bridgehead atoms. The number of carbonyl (C=O) groups excluding carboxylic acids is 2. The molecule has 27 heavy (non-hydrogen) atoms. The van der Waals surface area contributed by atoms with Gasteiger partial charge in [-0.05, 0) is 18.2 Å². The molecule has 0 aliphatic carbocycles. The molecule has 0 saturated heterocycles. The summed E-state index contributed by atoms with van der Waals surface area (Å²) in [4.78, 5) is 25.0. The quantitative estimate of drug-likeness (QED) is 0.270. The zero-order valence-electron chi connectivity index (χ0n) is 14.9. The van der Waals surface area contributed by atoms with Crippen molar-refractivity contribution in [3.8, 4) is 0 Å². The SMILES string of the molecule is C[n+]1c(CC(=O)c2ccccc2)cccc1CC(=O)c1ccc(Br)cc1.[I-]. The van der Waals surface area contributed by atoms with Crippen LogP contribution in [-0.4, -0.2) is 11.6 Å². The van der Waals surface area contributed by atoms with E-state index in [2.05, 4.69) is 15.9 Å². The van der Waals surface area contributed by atoms with Crippen molar-refractivity contribution >= 4 is 27.5 Å². The van der Waals surface area contributed by atoms with Gasteiger partial charge in [0, 0.05) is 27.7 Å². The lowest BCUT2D eigenvalue weighted by Crippen LogP contribution is -3.00. The summed E-state index contributed by atoms with van der Waals surface area (Å²) in [5, 5.41) is 0. The monoisotopic (exact) mass is 535 g/mol. The molecule has 1 aromatic heterocycles. The molecular weight excluding hydrogens is 517 g/mol. The highest BCUT2D eigenvalue weighted by atomic mass is 127. The third kappa shape index (κ3) is 5.56. The van der Waals surface area contributed by atoms with E-state index in [9.17, 15) is 9.59 Å². The van der Waals surface area contributed by atoms with Crippen LogP contribution in [0.15, 0.2) is 77.3 Å². The molecule has 3 aromatic rings. The van der Waals surface area contributed by atoms with Gasteiger partial charge < -0.3 is 24.0 Å². The van der Waals surface area contributed by atoms with Crippen LogP contribution in [0.5, 0.6) is 0 Å². The predicted molar refractivity (Wildman–Crippen MR) is 104 cm³/mol. The van der Waals surface area contributed by atoms with Crippen LogP contribution in [0.2, 0.25) is 0 Å². The van der Waals surface area contributed by atoms with Crippen molar-refractivity contribution in [2.45, 2.75) is 12.8 Å². The molecule has 2 aromatic carbocycles. The Labute approximate surface area is 184 Å². The lowest BCUT2D eigenvalue weighted by molar-refractivity contribution is -0.685. The number of pyridine rings is 1. The van der Waals surface area contributed by atoms with Gasteiger partial charge in [-0.3, -0.25) is 9.59 Å². The van der Waals surface area contributed by atoms with Crippen molar-refractivity contribution < 1.29 is 38.1 Å². The molecule has 3 rings (SSSR count). The maximum Gasteiger partial charge on any atom is 0.189 e. The molecule has 0 spiro atoms. The van der Waals surface area contributed by atoms with Crippen molar-refractivity contribution in [1.29, 1.82) is 0 Å². The highest BCUT2D eigenvalue weighted by Gasteiger charge is 2.19. The summed E-state index contributed by atoms with van der Waals surface area (Å²) >= 11 is 3.38. The first-order valence-electron chi connectivity index (χ1n) is 8.38. The molecule has 138 valence electrons. The Morgan fingerprint density at radius 3 is 1.74 bits per heavy atom. The van der Waals surface area contributed by atoms with E-state index in [1.54, 1.807) is 0 Å². The number of benzene rings is 2. The van der Waals surface area contributed by atoms with Gasteiger partial charge in [-0.25, -0.2) is 4.57 Å². The predicted octanol–water partition coefficient (Wildman–Crippen LogP) is 1.13. The molecule has 0 saturated carbocycles. The first-order chi connectivity index (χ1) is 12.5. The van der Waals surface area contributed by atoms with Crippen LogP contribution in [0.4, 0.5) is 0 Å². The molecule has 0 N–H and O–H groups in total. The second-order valence-corrected chi connectivity index (χ2v) is 7.06. The van der Waals surface area contributed by atoms with Crippen molar-refractivity contribution in [1.82, 2.24) is 0 Å². The smallest absolute Gasteiger partial charge is 0.189 e. The fourth-order valence-corrected chi connectivity index (χ4v) is 3.09. The highest BCUT2D eigenvalue weighted by molar-refractivity contribution is 9.10. The minimum Gasteiger partial charge on any atom is -1.00 e. The van der Waals surface area contributed by atoms with E-state index in [0.717, 1.165) is 15.9 Å². The summed E-state index contributed by atoms with van der Waals surface area (Å²) in [6.07, 6.45) is 0.603. The van der Waals surface area contributed by atoms with E-state index >= 15 is 0 Å². The average Bonchev–Trinajstić information content (AvgIpc) is 2.66. The van der Waals surface area contributed by atoms with Crippen LogP contribution in [-0.2, 0) is 19.9 Å². The summed E-state index contributed by atoms with van der Waals surface area (Å²) in [5.41, 5.74) is 3.15. The summed E-state index contributed by atoms with van der Waals surface area (Å²) < 4.78 is 2.89. The van der Waals surface area contributed by atoms with E-state index < -0.39 is 0 Å². The van der Waals surface area contributed by atoms with Gasteiger partial charge in [0.05, 0.1) is 12.8 Å². The molecule has 0 atom stereocenters. The molecule has 3 nitrogen and oxygen atoms in total. The first-order valence-corrected chi connectivity index (χ1v) is 9.17. The second-order valence-electron chi connectivity index (χ2n) is 6.14. The number of rotatable bonds is 6. The molecule has 0 aliphatic heterocycles. The van der Waals surface area contributed by atoms with E-state index in [0.29, 0.717) is 24.0 Å². The van der Waals surface area contributed by atoms with Crippen LogP contribution in [0.3, 0.4) is 0 Å². The number of hydrogen-bond donors (Lipinski definition) is 0. The molecule has 0 fully saturated rings. The maximum absolute atomic E-state index is 12.5. The Hall–Kier alpha value is -1.86. The van der Waals surface area contributed by atoms with Crippen LogP contribution in [0, 0.1) is 0 Å². The fraction of sp³-hybridized carbons (Fsp3) is 0.136. The van der Waals surface area contributed by atoms with Gasteiger partial charge in [0.1, 0.15) is 7.05 Å². The molecule has 0 radical (unpaired) electrons. The largest absolute Gasteiger partial charge is 1.00 e. The van der Waals surface area contributed by atoms with Gasteiger partial charge >= 0.3 is 0 Å². The van der Waals surface area contributed by atoms with Crippen molar-refractivity contribution in [3.05, 3.63) is 99.8 Å². The lowest BCUT2D eigenvalue weighted by Gasteiger charge is -2.05. The minimum atomic E-state index is 0.